The molecule has 1 atom stereocenters. The highest BCUT2D eigenvalue weighted by Crippen LogP contribution is 2.29. The molecule has 0 heterocycles. The zero-order valence-electron chi connectivity index (χ0n) is 11.8. The number of rotatable bonds is 7. The number of benzene rings is 1. The van der Waals surface area contributed by atoms with Crippen LogP contribution >= 0.6 is 12.6 Å². The van der Waals surface area contributed by atoms with Crippen molar-refractivity contribution in [3.05, 3.63) is 72.9 Å². The van der Waals surface area contributed by atoms with E-state index in [0.717, 1.165) is 11.1 Å². The third kappa shape index (κ3) is 5.39. The van der Waals surface area contributed by atoms with Crippen LogP contribution in [0.4, 0.5) is 0 Å². The van der Waals surface area contributed by atoms with Gasteiger partial charge in [0.05, 0.1) is 0 Å². The number of allylic oxidation sites excluding steroid dienone is 5. The van der Waals surface area contributed by atoms with Gasteiger partial charge >= 0.3 is 0 Å². The molecule has 0 spiro atoms. The van der Waals surface area contributed by atoms with Crippen LogP contribution in [0.1, 0.15) is 11.1 Å². The molecule has 0 radical (unpaired) electrons. The summed E-state index contributed by atoms with van der Waals surface area (Å²) in [4.78, 5) is 0. The van der Waals surface area contributed by atoms with Crippen LogP contribution in [0.15, 0.2) is 61.7 Å². The quantitative estimate of drug-likeness (QED) is 0.348. The molecule has 0 aliphatic heterocycles. The SMILES string of the molecule is C#CC(N)(S)Oc1c(C=C)cccc1C/C=C\C=C/C=C. The maximum Gasteiger partial charge on any atom is 0.267 e. The highest BCUT2D eigenvalue weighted by molar-refractivity contribution is 7.81. The Morgan fingerprint density at radius 3 is 2.71 bits per heavy atom. The molecule has 21 heavy (non-hydrogen) atoms. The monoisotopic (exact) mass is 297 g/mol. The summed E-state index contributed by atoms with van der Waals surface area (Å²) in [6.07, 6.45) is 17.1. The smallest absolute Gasteiger partial charge is 0.267 e. The lowest BCUT2D eigenvalue weighted by atomic mass is 10.1. The van der Waals surface area contributed by atoms with Gasteiger partial charge in [-0.25, -0.2) is 0 Å². The van der Waals surface area contributed by atoms with Crippen molar-refractivity contribution in [2.45, 2.75) is 11.5 Å². The second-order valence-corrected chi connectivity index (χ2v) is 4.90. The highest BCUT2D eigenvalue weighted by atomic mass is 32.1. The number of hydrogen-bond acceptors (Lipinski definition) is 3. The number of terminal acetylenes is 1. The van der Waals surface area contributed by atoms with Gasteiger partial charge in [-0.15, -0.1) is 19.1 Å². The standard InChI is InChI=1S/C18H19NOS/c1-4-7-8-9-10-12-16-14-11-13-15(5-2)17(16)20-18(19,21)6-3/h3-5,7-11,13-14,21H,1-2,12,19H2/b8-7-,10-9-. The van der Waals surface area contributed by atoms with E-state index in [9.17, 15) is 0 Å². The number of nitrogens with two attached hydrogens (primary N) is 1. The van der Waals surface area contributed by atoms with Crippen molar-refractivity contribution in [3.63, 3.8) is 0 Å². The summed E-state index contributed by atoms with van der Waals surface area (Å²) >= 11 is 4.11. The molecule has 1 unspecified atom stereocenters. The molecule has 1 aromatic carbocycles. The van der Waals surface area contributed by atoms with Crippen LogP contribution in [-0.2, 0) is 6.42 Å². The van der Waals surface area contributed by atoms with Gasteiger partial charge in [-0.3, -0.25) is 5.73 Å². The van der Waals surface area contributed by atoms with Crippen LogP contribution in [0.2, 0.25) is 0 Å². The van der Waals surface area contributed by atoms with Gasteiger partial charge in [-0.1, -0.05) is 67.8 Å². The van der Waals surface area contributed by atoms with Crippen molar-refractivity contribution < 1.29 is 4.74 Å². The van der Waals surface area contributed by atoms with Crippen molar-refractivity contribution in [2.75, 3.05) is 0 Å². The molecule has 108 valence electrons. The van der Waals surface area contributed by atoms with E-state index < -0.39 is 5.06 Å². The lowest BCUT2D eigenvalue weighted by molar-refractivity contribution is 0.233. The third-order valence-electron chi connectivity index (χ3n) is 2.64. The molecule has 0 aliphatic rings. The van der Waals surface area contributed by atoms with Crippen molar-refractivity contribution in [3.8, 4) is 18.1 Å². The van der Waals surface area contributed by atoms with Crippen molar-refractivity contribution in [1.29, 1.82) is 0 Å². The molecule has 1 aromatic rings. The largest absolute Gasteiger partial charge is 0.452 e. The number of hydrogen-bond donors (Lipinski definition) is 2. The topological polar surface area (TPSA) is 35.2 Å². The normalized spacial score (nSPS) is 13.8. The van der Waals surface area contributed by atoms with Gasteiger partial charge in [0.15, 0.2) is 0 Å². The summed E-state index contributed by atoms with van der Waals surface area (Å²) in [7, 11) is 0. The van der Waals surface area contributed by atoms with E-state index in [0.29, 0.717) is 12.2 Å². The van der Waals surface area contributed by atoms with Crippen molar-refractivity contribution in [1.82, 2.24) is 0 Å². The van der Waals surface area contributed by atoms with Crippen LogP contribution in [0.3, 0.4) is 0 Å². The van der Waals surface area contributed by atoms with Crippen LogP contribution in [0.5, 0.6) is 5.75 Å². The predicted octanol–water partition coefficient (Wildman–Crippen LogP) is 3.72. The summed E-state index contributed by atoms with van der Waals surface area (Å²) in [6, 6.07) is 5.76. The molecule has 0 aromatic heterocycles. The summed E-state index contributed by atoms with van der Waals surface area (Å²) in [6.45, 7) is 7.38. The first-order valence-electron chi connectivity index (χ1n) is 6.40. The first-order chi connectivity index (χ1) is 10.0. The van der Waals surface area contributed by atoms with Crippen LogP contribution in [0, 0.1) is 12.3 Å². The van der Waals surface area contributed by atoms with Crippen LogP contribution in [-0.4, -0.2) is 5.06 Å². The van der Waals surface area contributed by atoms with E-state index in [1.54, 1.807) is 12.2 Å². The Balaban J connectivity index is 3.06. The molecule has 1 rings (SSSR count). The van der Waals surface area contributed by atoms with Gasteiger partial charge < -0.3 is 4.74 Å². The second kappa shape index (κ2) is 8.21. The summed E-state index contributed by atoms with van der Waals surface area (Å²) in [5, 5.41) is -1.46. The number of thiol groups is 1. The Kier molecular flexibility index (Phi) is 6.61. The van der Waals surface area contributed by atoms with E-state index in [4.69, 9.17) is 16.9 Å². The van der Waals surface area contributed by atoms with Crippen LogP contribution < -0.4 is 10.5 Å². The van der Waals surface area contributed by atoms with Gasteiger partial charge in [0.2, 0.25) is 0 Å². The average molecular weight is 297 g/mol. The Morgan fingerprint density at radius 2 is 2.10 bits per heavy atom. The lowest BCUT2D eigenvalue weighted by Crippen LogP contribution is -2.38. The van der Waals surface area contributed by atoms with Gasteiger partial charge in [0, 0.05) is 5.56 Å². The summed E-state index contributed by atoms with van der Waals surface area (Å²) in [5.41, 5.74) is 7.54. The molecular formula is C18H19NOS. The molecule has 3 heteroatoms. The maximum absolute atomic E-state index is 5.77. The number of ether oxygens (including phenoxy) is 1. The van der Waals surface area contributed by atoms with E-state index in [-0.39, 0.29) is 0 Å². The van der Waals surface area contributed by atoms with Gasteiger partial charge in [0.1, 0.15) is 5.75 Å². The molecule has 0 aliphatic carbocycles. The summed E-state index contributed by atoms with van der Waals surface area (Å²) < 4.78 is 5.65. The molecule has 2 N–H and O–H groups in total. The first kappa shape index (κ1) is 16.9. The van der Waals surface area contributed by atoms with E-state index in [1.165, 1.54) is 0 Å². The Labute approximate surface area is 132 Å². The fourth-order valence-corrected chi connectivity index (χ4v) is 1.74. The van der Waals surface area contributed by atoms with Gasteiger partial charge in [-0.2, -0.15) is 0 Å². The summed E-state index contributed by atoms with van der Waals surface area (Å²) in [5.74, 6) is 2.90. The average Bonchev–Trinajstić information content (AvgIpc) is 2.48. The predicted molar refractivity (Wildman–Crippen MR) is 94.1 cm³/mol. The van der Waals surface area contributed by atoms with E-state index in [1.807, 2.05) is 42.5 Å². The molecule has 2 nitrogen and oxygen atoms in total. The van der Waals surface area contributed by atoms with E-state index >= 15 is 0 Å². The Morgan fingerprint density at radius 1 is 1.33 bits per heavy atom. The minimum atomic E-state index is -1.46. The van der Waals surface area contributed by atoms with E-state index in [2.05, 4.69) is 31.7 Å². The van der Waals surface area contributed by atoms with Gasteiger partial charge in [0.25, 0.3) is 5.06 Å². The van der Waals surface area contributed by atoms with Crippen molar-refractivity contribution >= 4 is 18.7 Å². The zero-order chi connectivity index (χ0) is 15.7. The molecule has 0 bridgehead atoms. The lowest BCUT2D eigenvalue weighted by Gasteiger charge is -2.22. The molecular weight excluding hydrogens is 278 g/mol. The van der Waals surface area contributed by atoms with Crippen molar-refractivity contribution in [2.24, 2.45) is 5.73 Å². The maximum atomic E-state index is 5.77. The third-order valence-corrected chi connectivity index (χ3v) is 2.86. The fourth-order valence-electron chi connectivity index (χ4n) is 1.65. The molecule has 0 saturated carbocycles. The van der Waals surface area contributed by atoms with Crippen LogP contribution in [0.25, 0.3) is 6.08 Å². The molecule has 0 fully saturated rings. The first-order valence-corrected chi connectivity index (χ1v) is 6.85. The molecule has 0 amide bonds. The highest BCUT2D eigenvalue weighted by Gasteiger charge is 2.20. The Bertz CT molecular complexity index is 606. The second-order valence-electron chi connectivity index (χ2n) is 4.24. The number of para-hydroxylation sites is 1. The minimum absolute atomic E-state index is 0.598. The molecule has 0 saturated heterocycles. The van der Waals surface area contributed by atoms with Gasteiger partial charge in [-0.05, 0) is 17.9 Å². The fraction of sp³-hybridized carbons (Fsp3) is 0.111. The Hall–Kier alpha value is -2.15. The minimum Gasteiger partial charge on any atom is -0.452 e. The zero-order valence-corrected chi connectivity index (χ0v) is 12.7.